The van der Waals surface area contributed by atoms with Crippen molar-refractivity contribution in [3.05, 3.63) is 35.9 Å². The lowest BCUT2D eigenvalue weighted by Crippen LogP contribution is -2.43. The summed E-state index contributed by atoms with van der Waals surface area (Å²) >= 11 is 0. The lowest BCUT2D eigenvalue weighted by Gasteiger charge is -2.36. The van der Waals surface area contributed by atoms with Gasteiger partial charge in [-0.1, -0.05) is 37.3 Å². The van der Waals surface area contributed by atoms with Crippen LogP contribution in [-0.2, 0) is 6.54 Å². The first-order valence-electron chi connectivity index (χ1n) is 7.94. The summed E-state index contributed by atoms with van der Waals surface area (Å²) in [5.41, 5.74) is 1.41. The van der Waals surface area contributed by atoms with E-state index in [0.29, 0.717) is 18.6 Å². The first kappa shape index (κ1) is 15.5. The summed E-state index contributed by atoms with van der Waals surface area (Å²) in [6, 6.07) is 11.2. The standard InChI is InChI=1S/C17H28N2O/c1-2-18-17(10-13-20)16-8-11-19(12-9-16)14-15-6-4-3-5-7-15/h3-7,16-18,20H,2,8-14H2,1H3/t17-/m1/s1. The summed E-state index contributed by atoms with van der Waals surface area (Å²) in [6.45, 7) is 6.85. The van der Waals surface area contributed by atoms with Crippen LogP contribution < -0.4 is 5.32 Å². The van der Waals surface area contributed by atoms with Gasteiger partial charge in [0, 0.05) is 19.2 Å². The second-order valence-corrected chi connectivity index (χ2v) is 5.78. The molecule has 0 radical (unpaired) electrons. The highest BCUT2D eigenvalue weighted by Crippen LogP contribution is 2.23. The van der Waals surface area contributed by atoms with Crippen molar-refractivity contribution in [2.24, 2.45) is 5.92 Å². The lowest BCUT2D eigenvalue weighted by molar-refractivity contribution is 0.139. The molecule has 2 N–H and O–H groups in total. The van der Waals surface area contributed by atoms with Crippen molar-refractivity contribution in [3.8, 4) is 0 Å². The predicted octanol–water partition coefficient (Wildman–Crippen LogP) is 2.26. The quantitative estimate of drug-likeness (QED) is 0.802. The minimum atomic E-state index is 0.294. The Bertz CT molecular complexity index is 355. The first-order valence-corrected chi connectivity index (χ1v) is 7.94. The molecular weight excluding hydrogens is 248 g/mol. The summed E-state index contributed by atoms with van der Waals surface area (Å²) in [6.07, 6.45) is 3.37. The Labute approximate surface area is 123 Å². The predicted molar refractivity (Wildman–Crippen MR) is 83.6 cm³/mol. The smallest absolute Gasteiger partial charge is 0.0445 e. The van der Waals surface area contributed by atoms with Crippen LogP contribution in [-0.4, -0.2) is 42.3 Å². The summed E-state index contributed by atoms with van der Waals surface area (Å²) in [7, 11) is 0. The molecule has 1 saturated heterocycles. The van der Waals surface area contributed by atoms with Gasteiger partial charge in [0.05, 0.1) is 0 Å². The molecule has 1 atom stereocenters. The van der Waals surface area contributed by atoms with E-state index >= 15 is 0 Å². The molecule has 2 rings (SSSR count). The number of rotatable bonds is 7. The molecule has 112 valence electrons. The molecule has 1 fully saturated rings. The van der Waals surface area contributed by atoms with Gasteiger partial charge in [0.25, 0.3) is 0 Å². The number of nitrogens with zero attached hydrogens (tertiary/aromatic N) is 1. The molecule has 3 nitrogen and oxygen atoms in total. The molecule has 1 aromatic rings. The summed E-state index contributed by atoms with van der Waals surface area (Å²) in [5, 5.41) is 12.7. The van der Waals surface area contributed by atoms with E-state index in [1.807, 2.05) is 0 Å². The van der Waals surface area contributed by atoms with Crippen LogP contribution >= 0.6 is 0 Å². The Morgan fingerprint density at radius 3 is 2.55 bits per heavy atom. The first-order chi connectivity index (χ1) is 9.83. The Morgan fingerprint density at radius 1 is 1.25 bits per heavy atom. The molecule has 0 aliphatic carbocycles. The molecule has 3 heteroatoms. The minimum Gasteiger partial charge on any atom is -0.396 e. The van der Waals surface area contributed by atoms with E-state index in [0.717, 1.165) is 19.5 Å². The van der Waals surface area contributed by atoms with E-state index in [2.05, 4.69) is 47.5 Å². The van der Waals surface area contributed by atoms with Crippen LogP contribution in [0.4, 0.5) is 0 Å². The van der Waals surface area contributed by atoms with Gasteiger partial charge < -0.3 is 10.4 Å². The number of hydrogen-bond acceptors (Lipinski definition) is 3. The van der Waals surface area contributed by atoms with Crippen LogP contribution in [0.3, 0.4) is 0 Å². The molecule has 0 unspecified atom stereocenters. The van der Waals surface area contributed by atoms with Crippen molar-refractivity contribution in [3.63, 3.8) is 0 Å². The minimum absolute atomic E-state index is 0.294. The molecule has 1 aliphatic rings. The number of piperidine rings is 1. The van der Waals surface area contributed by atoms with Gasteiger partial charge in [0.15, 0.2) is 0 Å². The van der Waals surface area contributed by atoms with E-state index in [-0.39, 0.29) is 0 Å². The number of aliphatic hydroxyl groups is 1. The maximum Gasteiger partial charge on any atom is 0.0445 e. The molecule has 1 aliphatic heterocycles. The van der Waals surface area contributed by atoms with Gasteiger partial charge in [0.1, 0.15) is 0 Å². The zero-order valence-corrected chi connectivity index (χ0v) is 12.6. The SMILES string of the molecule is CCN[C@H](CCO)C1CCN(Cc2ccccc2)CC1. The third kappa shape index (κ3) is 4.58. The zero-order chi connectivity index (χ0) is 14.2. The maximum atomic E-state index is 9.19. The lowest BCUT2D eigenvalue weighted by atomic mass is 9.87. The maximum absolute atomic E-state index is 9.19. The van der Waals surface area contributed by atoms with Gasteiger partial charge in [-0.05, 0) is 50.4 Å². The second kappa shape index (κ2) is 8.40. The van der Waals surface area contributed by atoms with Gasteiger partial charge in [-0.2, -0.15) is 0 Å². The van der Waals surface area contributed by atoms with E-state index < -0.39 is 0 Å². The molecule has 0 saturated carbocycles. The number of benzene rings is 1. The highest BCUT2D eigenvalue weighted by molar-refractivity contribution is 5.14. The van der Waals surface area contributed by atoms with Crippen LogP contribution in [0.5, 0.6) is 0 Å². The number of hydrogen-bond donors (Lipinski definition) is 2. The van der Waals surface area contributed by atoms with E-state index in [1.54, 1.807) is 0 Å². The molecule has 20 heavy (non-hydrogen) atoms. The van der Waals surface area contributed by atoms with Crippen molar-refractivity contribution in [1.82, 2.24) is 10.2 Å². The van der Waals surface area contributed by atoms with Gasteiger partial charge in [-0.15, -0.1) is 0 Å². The summed E-state index contributed by atoms with van der Waals surface area (Å²) in [4.78, 5) is 2.55. The third-order valence-electron chi connectivity index (χ3n) is 4.36. The zero-order valence-electron chi connectivity index (χ0n) is 12.6. The van der Waals surface area contributed by atoms with Crippen molar-refractivity contribution in [2.45, 2.75) is 38.8 Å². The number of aliphatic hydroxyl groups excluding tert-OH is 1. The Morgan fingerprint density at radius 2 is 1.95 bits per heavy atom. The van der Waals surface area contributed by atoms with Crippen LogP contribution in [0.25, 0.3) is 0 Å². The second-order valence-electron chi connectivity index (χ2n) is 5.78. The average Bonchev–Trinajstić information content (AvgIpc) is 2.49. The largest absolute Gasteiger partial charge is 0.396 e. The van der Waals surface area contributed by atoms with E-state index in [4.69, 9.17) is 0 Å². The van der Waals surface area contributed by atoms with Gasteiger partial charge in [0.2, 0.25) is 0 Å². The van der Waals surface area contributed by atoms with Gasteiger partial charge in [-0.25, -0.2) is 0 Å². The Kier molecular flexibility index (Phi) is 6.51. The fourth-order valence-corrected chi connectivity index (χ4v) is 3.26. The molecule has 0 aromatic heterocycles. The van der Waals surface area contributed by atoms with Crippen LogP contribution in [0.1, 0.15) is 31.7 Å². The van der Waals surface area contributed by atoms with E-state index in [9.17, 15) is 5.11 Å². The molecule has 1 heterocycles. The van der Waals surface area contributed by atoms with Crippen molar-refractivity contribution in [2.75, 3.05) is 26.2 Å². The Hall–Kier alpha value is -0.900. The summed E-state index contributed by atoms with van der Waals surface area (Å²) < 4.78 is 0. The molecule has 0 amide bonds. The fourth-order valence-electron chi connectivity index (χ4n) is 3.26. The van der Waals surface area contributed by atoms with Crippen molar-refractivity contribution in [1.29, 1.82) is 0 Å². The number of likely N-dealkylation sites (tertiary alicyclic amines) is 1. The Balaban J connectivity index is 1.79. The monoisotopic (exact) mass is 276 g/mol. The molecule has 1 aromatic carbocycles. The highest BCUT2D eigenvalue weighted by atomic mass is 16.3. The third-order valence-corrected chi connectivity index (χ3v) is 4.36. The topological polar surface area (TPSA) is 35.5 Å². The van der Waals surface area contributed by atoms with E-state index in [1.165, 1.54) is 31.5 Å². The van der Waals surface area contributed by atoms with Crippen molar-refractivity contribution >= 4 is 0 Å². The molecular formula is C17H28N2O. The van der Waals surface area contributed by atoms with Gasteiger partial charge in [-0.3, -0.25) is 4.90 Å². The molecule has 0 bridgehead atoms. The van der Waals surface area contributed by atoms with Crippen molar-refractivity contribution < 1.29 is 5.11 Å². The number of nitrogens with one attached hydrogen (secondary N) is 1. The average molecular weight is 276 g/mol. The summed E-state index contributed by atoms with van der Waals surface area (Å²) in [5.74, 6) is 0.717. The normalized spacial score (nSPS) is 19.1. The highest BCUT2D eigenvalue weighted by Gasteiger charge is 2.25. The molecule has 0 spiro atoms. The van der Waals surface area contributed by atoms with Crippen LogP contribution in [0.15, 0.2) is 30.3 Å². The fraction of sp³-hybridized carbons (Fsp3) is 0.647. The van der Waals surface area contributed by atoms with Crippen LogP contribution in [0, 0.1) is 5.92 Å². The van der Waals surface area contributed by atoms with Gasteiger partial charge >= 0.3 is 0 Å². The van der Waals surface area contributed by atoms with Crippen LogP contribution in [0.2, 0.25) is 0 Å².